The fourth-order valence-corrected chi connectivity index (χ4v) is 4.16. The number of hydrogen-bond acceptors (Lipinski definition) is 4. The van der Waals surface area contributed by atoms with Gasteiger partial charge in [-0.25, -0.2) is 13.1 Å². The fourth-order valence-electron chi connectivity index (χ4n) is 2.61. The summed E-state index contributed by atoms with van der Waals surface area (Å²) in [7, 11) is -1.99. The van der Waals surface area contributed by atoms with Gasteiger partial charge in [0.1, 0.15) is 0 Å². The van der Waals surface area contributed by atoms with Crippen molar-refractivity contribution in [1.82, 2.24) is 10.0 Å². The molecule has 0 radical (unpaired) electrons. The molecule has 0 atom stereocenters. The molecule has 1 fully saturated rings. The molecule has 0 aliphatic carbocycles. The molecule has 1 aliphatic rings. The molecule has 23 heavy (non-hydrogen) atoms. The van der Waals surface area contributed by atoms with E-state index < -0.39 is 10.0 Å². The van der Waals surface area contributed by atoms with Crippen molar-refractivity contribution in [3.8, 4) is 0 Å². The molecule has 2 rings (SSSR count). The standard InChI is InChI=1S/C14H20Cl2N2O3S.ClH/c1-21-10-14(4-6-17-7-5-14)9-18-22(19,20)11-2-3-12(15)13(16)8-11;/h2-3,8,17-18H,4-7,9-10H2,1H3;1H. The SMILES string of the molecule is COCC1(CNS(=O)(=O)c2ccc(Cl)c(Cl)c2)CCNCC1.Cl. The minimum absolute atomic E-state index is 0. The van der Waals surface area contributed by atoms with Gasteiger partial charge in [0.15, 0.2) is 0 Å². The predicted molar refractivity (Wildman–Crippen MR) is 95.3 cm³/mol. The Labute approximate surface area is 153 Å². The number of piperidine rings is 1. The van der Waals surface area contributed by atoms with Crippen molar-refractivity contribution >= 4 is 45.6 Å². The van der Waals surface area contributed by atoms with E-state index in [9.17, 15) is 8.42 Å². The van der Waals surface area contributed by atoms with Crippen LogP contribution < -0.4 is 10.0 Å². The minimum Gasteiger partial charge on any atom is -0.384 e. The number of hydrogen-bond donors (Lipinski definition) is 2. The summed E-state index contributed by atoms with van der Waals surface area (Å²) in [5, 5.41) is 3.82. The predicted octanol–water partition coefficient (Wildman–Crippen LogP) is 2.71. The molecule has 1 heterocycles. The minimum atomic E-state index is -3.62. The van der Waals surface area contributed by atoms with Crippen LogP contribution in [0.15, 0.2) is 23.1 Å². The number of benzene rings is 1. The van der Waals surface area contributed by atoms with Crippen molar-refractivity contribution < 1.29 is 13.2 Å². The molecule has 0 aromatic heterocycles. The molecule has 0 bridgehead atoms. The summed E-state index contributed by atoms with van der Waals surface area (Å²) in [5.41, 5.74) is -0.177. The van der Waals surface area contributed by atoms with Crippen LogP contribution in [0.1, 0.15) is 12.8 Å². The van der Waals surface area contributed by atoms with E-state index in [2.05, 4.69) is 10.0 Å². The number of rotatable bonds is 6. The van der Waals surface area contributed by atoms with E-state index >= 15 is 0 Å². The molecule has 1 aromatic rings. The van der Waals surface area contributed by atoms with Gasteiger partial charge in [-0.1, -0.05) is 23.2 Å². The Hall–Kier alpha value is -0.0800. The summed E-state index contributed by atoms with van der Waals surface area (Å²) in [5.74, 6) is 0. The Morgan fingerprint density at radius 2 is 1.91 bits per heavy atom. The Kier molecular flexibility index (Phi) is 8.07. The van der Waals surface area contributed by atoms with E-state index in [-0.39, 0.29) is 27.7 Å². The zero-order valence-electron chi connectivity index (χ0n) is 12.8. The summed E-state index contributed by atoms with van der Waals surface area (Å²) in [6.07, 6.45) is 1.73. The summed E-state index contributed by atoms with van der Waals surface area (Å²) in [4.78, 5) is 0.114. The summed E-state index contributed by atoms with van der Waals surface area (Å²) >= 11 is 11.7. The molecule has 5 nitrogen and oxygen atoms in total. The highest BCUT2D eigenvalue weighted by atomic mass is 35.5. The van der Waals surface area contributed by atoms with Gasteiger partial charge < -0.3 is 10.1 Å². The van der Waals surface area contributed by atoms with Gasteiger partial charge in [0, 0.05) is 19.1 Å². The van der Waals surface area contributed by atoms with Crippen molar-refractivity contribution in [1.29, 1.82) is 0 Å². The average molecular weight is 404 g/mol. The lowest BCUT2D eigenvalue weighted by atomic mass is 9.80. The number of nitrogens with one attached hydrogen (secondary N) is 2. The number of ether oxygens (including phenoxy) is 1. The molecule has 0 amide bonds. The van der Waals surface area contributed by atoms with Gasteiger partial charge in [0.2, 0.25) is 10.0 Å². The van der Waals surface area contributed by atoms with E-state index in [0.29, 0.717) is 18.2 Å². The molecule has 132 valence electrons. The molecular formula is C14H21Cl3N2O3S. The zero-order valence-corrected chi connectivity index (χ0v) is 15.9. The summed E-state index contributed by atoms with van der Waals surface area (Å²) in [6, 6.07) is 4.29. The monoisotopic (exact) mass is 402 g/mol. The van der Waals surface area contributed by atoms with Crippen LogP contribution in [0.4, 0.5) is 0 Å². The second-order valence-corrected chi connectivity index (χ2v) is 8.16. The van der Waals surface area contributed by atoms with Gasteiger partial charge in [0.05, 0.1) is 21.5 Å². The topological polar surface area (TPSA) is 67.4 Å². The quantitative estimate of drug-likeness (QED) is 0.766. The molecular weight excluding hydrogens is 383 g/mol. The highest BCUT2D eigenvalue weighted by Gasteiger charge is 2.33. The smallest absolute Gasteiger partial charge is 0.240 e. The lowest BCUT2D eigenvalue weighted by molar-refractivity contribution is 0.0577. The van der Waals surface area contributed by atoms with Crippen LogP contribution in [0.5, 0.6) is 0 Å². The molecule has 1 aliphatic heterocycles. The lowest BCUT2D eigenvalue weighted by Gasteiger charge is -2.37. The summed E-state index contributed by atoms with van der Waals surface area (Å²) < 4.78 is 32.8. The van der Waals surface area contributed by atoms with Gasteiger partial charge >= 0.3 is 0 Å². The highest BCUT2D eigenvalue weighted by Crippen LogP contribution is 2.29. The lowest BCUT2D eigenvalue weighted by Crippen LogP contribution is -2.47. The van der Waals surface area contributed by atoms with E-state index in [0.717, 1.165) is 25.9 Å². The third kappa shape index (κ3) is 5.46. The average Bonchev–Trinajstić information content (AvgIpc) is 2.49. The van der Waals surface area contributed by atoms with Gasteiger partial charge in [-0.15, -0.1) is 12.4 Å². The summed E-state index contributed by atoms with van der Waals surface area (Å²) in [6.45, 7) is 2.58. The maximum atomic E-state index is 12.4. The molecule has 0 unspecified atom stereocenters. The first-order chi connectivity index (χ1) is 10.4. The molecule has 9 heteroatoms. The van der Waals surface area contributed by atoms with E-state index in [1.165, 1.54) is 18.2 Å². The third-order valence-corrected chi connectivity index (χ3v) is 6.09. The van der Waals surface area contributed by atoms with Gasteiger partial charge in [0.25, 0.3) is 0 Å². The molecule has 0 saturated carbocycles. The van der Waals surface area contributed by atoms with E-state index in [1.807, 2.05) is 0 Å². The first-order valence-electron chi connectivity index (χ1n) is 7.03. The molecule has 0 spiro atoms. The number of halogens is 3. The first kappa shape index (κ1) is 21.0. The Bertz CT molecular complexity index is 614. The van der Waals surface area contributed by atoms with Crippen LogP contribution >= 0.6 is 35.6 Å². The van der Waals surface area contributed by atoms with Crippen molar-refractivity contribution in [2.75, 3.05) is 33.4 Å². The van der Waals surface area contributed by atoms with Gasteiger partial charge in [-0.05, 0) is 44.1 Å². The molecule has 1 saturated heterocycles. The fraction of sp³-hybridized carbons (Fsp3) is 0.571. The number of methoxy groups -OCH3 is 1. The third-order valence-electron chi connectivity index (χ3n) is 3.95. The second kappa shape index (κ2) is 8.85. The second-order valence-electron chi connectivity index (χ2n) is 5.58. The molecule has 1 aromatic carbocycles. The number of sulfonamides is 1. The van der Waals surface area contributed by atoms with Crippen LogP contribution in [0.2, 0.25) is 10.0 Å². The van der Waals surface area contributed by atoms with Crippen LogP contribution in [-0.2, 0) is 14.8 Å². The van der Waals surface area contributed by atoms with E-state index in [4.69, 9.17) is 27.9 Å². The van der Waals surface area contributed by atoms with Crippen LogP contribution in [0.25, 0.3) is 0 Å². The Morgan fingerprint density at radius 3 is 2.48 bits per heavy atom. The maximum absolute atomic E-state index is 12.4. The largest absolute Gasteiger partial charge is 0.384 e. The Morgan fingerprint density at radius 1 is 1.26 bits per heavy atom. The van der Waals surface area contributed by atoms with Crippen LogP contribution in [-0.4, -0.2) is 41.8 Å². The van der Waals surface area contributed by atoms with Crippen molar-refractivity contribution in [3.63, 3.8) is 0 Å². The zero-order chi connectivity index (χ0) is 16.2. The van der Waals surface area contributed by atoms with Gasteiger partial charge in [-0.3, -0.25) is 0 Å². The highest BCUT2D eigenvalue weighted by molar-refractivity contribution is 7.89. The van der Waals surface area contributed by atoms with Crippen LogP contribution in [0, 0.1) is 5.41 Å². The van der Waals surface area contributed by atoms with Crippen molar-refractivity contribution in [3.05, 3.63) is 28.2 Å². The Balaban J connectivity index is 0.00000264. The first-order valence-corrected chi connectivity index (χ1v) is 9.27. The van der Waals surface area contributed by atoms with Crippen LogP contribution in [0.3, 0.4) is 0 Å². The van der Waals surface area contributed by atoms with E-state index in [1.54, 1.807) is 7.11 Å². The molecule has 2 N–H and O–H groups in total. The normalized spacial score (nSPS) is 17.5. The van der Waals surface area contributed by atoms with Crippen molar-refractivity contribution in [2.24, 2.45) is 5.41 Å². The van der Waals surface area contributed by atoms with Gasteiger partial charge in [-0.2, -0.15) is 0 Å². The van der Waals surface area contributed by atoms with Crippen molar-refractivity contribution in [2.45, 2.75) is 17.7 Å². The maximum Gasteiger partial charge on any atom is 0.240 e.